The summed E-state index contributed by atoms with van der Waals surface area (Å²) in [5.41, 5.74) is 7.26. The number of aliphatic hydroxyl groups excluding tert-OH is 1. The Morgan fingerprint density at radius 1 is 0.911 bits per heavy atom. The fourth-order valence-electron chi connectivity index (χ4n) is 12.1. The second-order valence-electron chi connectivity index (χ2n) is 23.0. The molecule has 1 fully saturated rings. The molecule has 90 heavy (non-hydrogen) atoms. The van der Waals surface area contributed by atoms with Crippen LogP contribution in [0.5, 0.6) is 11.5 Å². The Kier molecular flexibility index (Phi) is 18.7. The van der Waals surface area contributed by atoms with Crippen molar-refractivity contribution in [1.82, 2.24) is 34.6 Å². The zero-order valence-electron chi connectivity index (χ0n) is 50.0. The summed E-state index contributed by atoms with van der Waals surface area (Å²) in [7, 11) is -17.1. The Hall–Kier alpha value is -7.23. The average molecular weight is 1330 g/mol. The van der Waals surface area contributed by atoms with Crippen molar-refractivity contribution in [3.63, 3.8) is 0 Å². The lowest BCUT2D eigenvalue weighted by Gasteiger charge is -2.43. The highest BCUT2D eigenvalue weighted by Gasteiger charge is 2.51. The van der Waals surface area contributed by atoms with Crippen LogP contribution in [0.4, 0.5) is 16.4 Å². The van der Waals surface area contributed by atoms with Crippen LogP contribution in [0.2, 0.25) is 0 Å². The number of phosphoric acid groups is 2. The van der Waals surface area contributed by atoms with E-state index in [1.165, 1.54) is 22.8 Å². The van der Waals surface area contributed by atoms with Crippen LogP contribution in [0, 0.1) is 0 Å². The molecule has 4 aliphatic rings. The minimum Gasteiger partial charge on any atom is -0.456 e. The Bertz CT molecular complexity index is 4370. The molecular formula is C55H70N10O21P2S2+2. The summed E-state index contributed by atoms with van der Waals surface area (Å²) in [6, 6.07) is 13.9. The van der Waals surface area contributed by atoms with Gasteiger partial charge in [-0.3, -0.25) is 37.6 Å². The molecule has 2 aromatic heterocycles. The summed E-state index contributed by atoms with van der Waals surface area (Å²) in [4.78, 5) is 92.0. The van der Waals surface area contributed by atoms with Gasteiger partial charge in [0.05, 0.1) is 30.8 Å². The molecule has 35 heteroatoms. The van der Waals surface area contributed by atoms with E-state index in [0.29, 0.717) is 79.8 Å². The van der Waals surface area contributed by atoms with Gasteiger partial charge in [0.2, 0.25) is 23.0 Å². The van der Waals surface area contributed by atoms with E-state index in [9.17, 15) is 64.2 Å². The van der Waals surface area contributed by atoms with E-state index in [2.05, 4.69) is 34.4 Å². The van der Waals surface area contributed by atoms with Crippen LogP contribution in [0.1, 0.15) is 93.2 Å². The third-order valence-corrected chi connectivity index (χ3v) is 19.1. The lowest BCUT2D eigenvalue weighted by atomic mass is 9.83. The van der Waals surface area contributed by atoms with Crippen molar-refractivity contribution in [3.8, 4) is 11.5 Å². The van der Waals surface area contributed by atoms with Crippen molar-refractivity contribution in [1.29, 1.82) is 0 Å². The van der Waals surface area contributed by atoms with Crippen molar-refractivity contribution < 1.29 is 96.9 Å². The summed E-state index contributed by atoms with van der Waals surface area (Å²) in [6.45, 7) is 11.2. The number of aryl methyl sites for hydroxylation is 1. The van der Waals surface area contributed by atoms with Gasteiger partial charge < -0.3 is 60.2 Å². The van der Waals surface area contributed by atoms with Crippen molar-refractivity contribution >= 4 is 93.3 Å². The van der Waals surface area contributed by atoms with Gasteiger partial charge in [0, 0.05) is 92.7 Å². The minimum atomic E-state index is -5.56. The van der Waals surface area contributed by atoms with Gasteiger partial charge in [0.1, 0.15) is 35.7 Å². The van der Waals surface area contributed by atoms with Crippen LogP contribution in [0.3, 0.4) is 0 Å². The number of nitrogens with zero attached hydrogens (tertiary/aromatic N) is 6. The molecular weight excluding hydrogens is 1260 g/mol. The number of rotatable bonds is 22. The molecule has 0 aliphatic carbocycles. The molecule has 0 saturated carbocycles. The monoisotopic (exact) mass is 1330 g/mol. The van der Waals surface area contributed by atoms with E-state index in [0.717, 1.165) is 4.57 Å². The first-order valence-electron chi connectivity index (χ1n) is 28.1. The zero-order valence-corrected chi connectivity index (χ0v) is 53.4. The maximum atomic E-state index is 14.8. The summed E-state index contributed by atoms with van der Waals surface area (Å²) in [5, 5.41) is 17.6. The van der Waals surface area contributed by atoms with E-state index in [4.69, 9.17) is 34.3 Å². The standard InChI is InChI=1S/C55H68N10O21P2S2/c1-9-64-38-22-40-36(20-34(38)30(24-54(64,3)4)27-89(76,77)78)44(37-21-35-31(28-90(79,80)81)25-55(5,6)65(10-2)39(35)23-41(37)83-40)32-14-11-12-15-33(32)50(69)61(7)19-13-16-43(66)57-17-18-58-53(70)85-47-42(26-82-88(74,75)86-87(71,72)73)84-51(46(47)67)63-29-62(8)45-48(63)59-52(56)60-49(45)68/h11-12,14-15,20-25,29,42,46-47,51,67H,9-10,13,16-19,26-28H2,1-8H3,(H8-2,56,57,58,59,60,66,68,70,71,72,73,74,75,76,77,78,79,80,81)/p+2/t42-,46-,47-,51-/m1/s1. The summed E-state index contributed by atoms with van der Waals surface area (Å²) >= 11 is 0. The number of fused-ring (bicyclic) bond motifs is 5. The molecule has 9 rings (SSSR count). The number of aromatic amines is 1. The number of hydrogen-bond donors (Lipinski definition) is 10. The van der Waals surface area contributed by atoms with Gasteiger partial charge in [0.25, 0.3) is 37.7 Å². The zero-order chi connectivity index (χ0) is 66.0. The quantitative estimate of drug-likeness (QED) is 0.0197. The van der Waals surface area contributed by atoms with Crippen LogP contribution in [-0.2, 0) is 59.5 Å². The number of benzene rings is 3. The van der Waals surface area contributed by atoms with E-state index >= 15 is 0 Å². The molecule has 3 amide bonds. The van der Waals surface area contributed by atoms with Crippen LogP contribution in [0.25, 0.3) is 27.9 Å². The van der Waals surface area contributed by atoms with Crippen LogP contribution in [-0.4, -0.2) is 170 Å². The highest BCUT2D eigenvalue weighted by Crippen LogP contribution is 2.58. The number of aromatic nitrogens is 4. The van der Waals surface area contributed by atoms with Gasteiger partial charge in [-0.2, -0.15) is 21.1 Å². The molecule has 3 aromatic carbocycles. The molecule has 6 heterocycles. The lowest BCUT2D eigenvalue weighted by molar-refractivity contribution is -0.745. The summed E-state index contributed by atoms with van der Waals surface area (Å²) in [5.74, 6) is -1.97. The summed E-state index contributed by atoms with van der Waals surface area (Å²) < 4.78 is 126. The lowest BCUT2D eigenvalue weighted by Crippen LogP contribution is -2.50. The topological polar surface area (TPSA) is 435 Å². The third kappa shape index (κ3) is 14.4. The van der Waals surface area contributed by atoms with Gasteiger partial charge in [-0.25, -0.2) is 23.1 Å². The number of imidazole rings is 1. The van der Waals surface area contributed by atoms with E-state index in [-0.39, 0.29) is 55.2 Å². The smallest absolute Gasteiger partial charge is 0.456 e. The molecule has 486 valence electrons. The predicted octanol–water partition coefficient (Wildman–Crippen LogP) is 1.20. The maximum Gasteiger partial charge on any atom is 0.481 e. The first-order valence-corrected chi connectivity index (χ1v) is 34.3. The van der Waals surface area contributed by atoms with Gasteiger partial charge in [-0.15, -0.1) is 0 Å². The van der Waals surface area contributed by atoms with Gasteiger partial charge in [0.15, 0.2) is 24.1 Å². The Balaban J connectivity index is 0.927. The Morgan fingerprint density at radius 3 is 2.23 bits per heavy atom. The van der Waals surface area contributed by atoms with E-state index in [1.807, 2.05) is 41.5 Å². The van der Waals surface area contributed by atoms with Crippen molar-refractivity contribution in [2.75, 3.05) is 68.5 Å². The SMILES string of the molecule is CCN1c2cc3c(cc2C(CS(=O)(=O)O)=CC1(C)C)C(c1ccccc1C(=O)N(C)CCCC(=O)NCCNC(=O)O[C@H]1[C@@H](O)[C@H]([n+]2cn(C)c4c(=O)[nH]c(N)nc42)O[C@@H]1COP(=O)(O)OP(=O)(O)O)=c1cc2c(cc1O3)=[N+](CC)C(C)(C)C=C2CS(=O)(=O)O. The molecule has 11 N–H and O–H groups in total. The number of likely N-dealkylation sites (N-methyl/N-ethyl adjacent to an activating group) is 2. The number of nitrogens with two attached hydrogens (primary N) is 1. The molecule has 1 saturated heterocycles. The largest absolute Gasteiger partial charge is 0.481 e. The van der Waals surface area contributed by atoms with E-state index in [1.54, 1.807) is 67.7 Å². The Labute approximate surface area is 515 Å². The number of carbonyl (C=O) groups excluding carboxylic acids is 3. The van der Waals surface area contributed by atoms with Gasteiger partial charge in [-0.1, -0.05) is 29.3 Å². The number of alkyl carbamates (subject to hydrolysis) is 1. The number of amides is 3. The first kappa shape index (κ1) is 67.2. The van der Waals surface area contributed by atoms with Crippen LogP contribution < -0.4 is 51.3 Å². The third-order valence-electron chi connectivity index (χ3n) is 15.6. The number of hydrogen-bond acceptors (Lipinski definition) is 19. The molecule has 0 spiro atoms. The number of phosphoric ester groups is 1. The molecule has 4 aliphatic heterocycles. The van der Waals surface area contributed by atoms with Crippen molar-refractivity contribution in [2.45, 2.75) is 90.0 Å². The second-order valence-corrected chi connectivity index (χ2v) is 28.7. The number of aliphatic hydroxyl groups is 1. The maximum absolute atomic E-state index is 14.8. The number of H-pyrrole nitrogens is 1. The fourth-order valence-corrected chi connectivity index (χ4v) is 14.9. The highest BCUT2D eigenvalue weighted by atomic mass is 32.2. The molecule has 31 nitrogen and oxygen atoms in total. The first-order chi connectivity index (χ1) is 41.9. The molecule has 0 radical (unpaired) electrons. The highest BCUT2D eigenvalue weighted by molar-refractivity contribution is 7.86. The minimum absolute atomic E-state index is 0.0207. The summed E-state index contributed by atoms with van der Waals surface area (Å²) in [6.07, 6.45) is -3.02. The molecule has 5 aromatic rings. The normalized spacial score (nSPS) is 20.0. The van der Waals surface area contributed by atoms with Gasteiger partial charge >= 0.3 is 27.4 Å². The number of nitrogen functional groups attached to an aromatic ring is 1. The van der Waals surface area contributed by atoms with Crippen LogP contribution in [0.15, 0.2) is 71.8 Å². The Morgan fingerprint density at radius 2 is 1.58 bits per heavy atom. The number of carbonyl (C=O) groups is 3. The average Bonchev–Trinajstić information content (AvgIpc) is 0.851. The van der Waals surface area contributed by atoms with Crippen molar-refractivity contribution in [3.05, 3.63) is 116 Å². The van der Waals surface area contributed by atoms with E-state index < -0.39 is 113 Å². The van der Waals surface area contributed by atoms with Crippen molar-refractivity contribution in [2.24, 2.45) is 7.05 Å². The molecule has 0 bridgehead atoms. The van der Waals surface area contributed by atoms with Crippen LogP contribution >= 0.6 is 15.6 Å². The fraction of sp³-hybridized carbons (Fsp3) is 0.436. The number of ether oxygens (including phenoxy) is 3. The number of nitrogens with one attached hydrogen (secondary N) is 3. The number of anilines is 2. The molecule has 5 atom stereocenters. The molecule has 1 unspecified atom stereocenters. The predicted molar refractivity (Wildman–Crippen MR) is 324 cm³/mol. The second kappa shape index (κ2) is 25.1. The van der Waals surface area contributed by atoms with Gasteiger partial charge in [-0.05, 0) is 75.1 Å².